The second-order valence-corrected chi connectivity index (χ2v) is 17.2. The van der Waals surface area contributed by atoms with Crippen molar-refractivity contribution in [2.24, 2.45) is 0 Å². The van der Waals surface area contributed by atoms with Crippen molar-refractivity contribution in [1.82, 2.24) is 9.97 Å². The predicted octanol–water partition coefficient (Wildman–Crippen LogP) is 4.53. The van der Waals surface area contributed by atoms with Gasteiger partial charge in [0.15, 0.2) is 0 Å². The molecule has 0 saturated carbocycles. The van der Waals surface area contributed by atoms with Crippen LogP contribution in [0.15, 0.2) is 30.3 Å². The number of benzene rings is 1. The number of hydrogen-bond donors (Lipinski definition) is 1. The van der Waals surface area contributed by atoms with E-state index >= 15 is 0 Å². The number of nitrogens with one attached hydrogen (secondary N) is 1. The molecular weight excluding hydrogens is 312 g/mol. The average molecular weight is 337 g/mol. The second kappa shape index (κ2) is 6.62. The van der Waals surface area contributed by atoms with Gasteiger partial charge in [-0.1, -0.05) is 81.5 Å². The summed E-state index contributed by atoms with van der Waals surface area (Å²) in [5.41, 5.74) is 9.47. The molecule has 2 rings (SSSR count). The SMILES string of the molecule is C[Si](C)(C)C#Cc1nc(-c2ccccc2)[nH]c1C#C[Si](C)(C)C. The lowest BCUT2D eigenvalue weighted by Crippen LogP contribution is -2.16. The minimum atomic E-state index is -1.45. The molecule has 1 aromatic heterocycles. The molecule has 0 atom stereocenters. The lowest BCUT2D eigenvalue weighted by Gasteiger charge is -2.03. The van der Waals surface area contributed by atoms with Crippen molar-refractivity contribution >= 4 is 16.1 Å². The second-order valence-electron chi connectivity index (χ2n) is 7.68. The first kappa shape index (κ1) is 17.3. The minimum absolute atomic E-state index is 0.775. The van der Waals surface area contributed by atoms with Gasteiger partial charge >= 0.3 is 0 Å². The summed E-state index contributed by atoms with van der Waals surface area (Å²) in [6, 6.07) is 10.1. The van der Waals surface area contributed by atoms with Gasteiger partial charge in [-0.05, 0) is 0 Å². The number of imidazole rings is 1. The molecule has 0 aliphatic rings. The van der Waals surface area contributed by atoms with Gasteiger partial charge in [0.05, 0.1) is 0 Å². The van der Waals surface area contributed by atoms with Crippen molar-refractivity contribution in [3.63, 3.8) is 0 Å². The molecule has 4 heteroatoms. The van der Waals surface area contributed by atoms with Crippen molar-refractivity contribution in [3.05, 3.63) is 41.7 Å². The molecule has 2 nitrogen and oxygen atoms in total. The van der Waals surface area contributed by atoms with Gasteiger partial charge in [0.2, 0.25) is 0 Å². The summed E-state index contributed by atoms with van der Waals surface area (Å²) in [5.74, 6) is 7.39. The Labute approximate surface area is 141 Å². The van der Waals surface area contributed by atoms with Gasteiger partial charge in [0, 0.05) is 5.56 Å². The molecule has 0 bridgehead atoms. The molecule has 1 heterocycles. The minimum Gasteiger partial charge on any atom is -0.330 e. The van der Waals surface area contributed by atoms with Gasteiger partial charge in [0.25, 0.3) is 0 Å². The monoisotopic (exact) mass is 336 g/mol. The first-order valence-electron chi connectivity index (χ1n) is 7.86. The van der Waals surface area contributed by atoms with E-state index in [4.69, 9.17) is 4.98 Å². The van der Waals surface area contributed by atoms with Crippen molar-refractivity contribution < 1.29 is 0 Å². The van der Waals surface area contributed by atoms with Crippen LogP contribution in [0.2, 0.25) is 39.3 Å². The fourth-order valence-corrected chi connectivity index (χ4v) is 2.78. The summed E-state index contributed by atoms with van der Waals surface area (Å²) in [6.07, 6.45) is 0. The van der Waals surface area contributed by atoms with E-state index in [0.29, 0.717) is 0 Å². The summed E-state index contributed by atoms with van der Waals surface area (Å²) >= 11 is 0. The third-order valence-corrected chi connectivity index (χ3v) is 4.62. The highest BCUT2D eigenvalue weighted by molar-refractivity contribution is 6.84. The van der Waals surface area contributed by atoms with Crippen LogP contribution in [0, 0.1) is 22.9 Å². The lowest BCUT2D eigenvalue weighted by molar-refractivity contribution is 1.30. The van der Waals surface area contributed by atoms with Crippen LogP contribution in [0.4, 0.5) is 0 Å². The van der Waals surface area contributed by atoms with Crippen molar-refractivity contribution in [2.45, 2.75) is 39.3 Å². The van der Waals surface area contributed by atoms with Crippen LogP contribution in [0.1, 0.15) is 11.4 Å². The maximum atomic E-state index is 4.69. The zero-order chi connectivity index (χ0) is 17.1. The van der Waals surface area contributed by atoms with Gasteiger partial charge in [0.1, 0.15) is 33.4 Å². The maximum absolute atomic E-state index is 4.69. The largest absolute Gasteiger partial charge is 0.330 e. The van der Waals surface area contributed by atoms with Crippen LogP contribution < -0.4 is 0 Å². The molecule has 0 fully saturated rings. The van der Waals surface area contributed by atoms with E-state index in [2.05, 4.69) is 67.2 Å². The van der Waals surface area contributed by atoms with Crippen LogP contribution in [0.3, 0.4) is 0 Å². The number of aromatic amines is 1. The average Bonchev–Trinajstić information content (AvgIpc) is 2.86. The number of nitrogens with zero attached hydrogens (tertiary/aromatic N) is 1. The zero-order valence-electron chi connectivity index (χ0n) is 14.8. The van der Waals surface area contributed by atoms with E-state index in [1.807, 2.05) is 30.3 Å². The Morgan fingerprint density at radius 1 is 0.826 bits per heavy atom. The quantitative estimate of drug-likeness (QED) is 0.601. The van der Waals surface area contributed by atoms with Crippen LogP contribution in [0.5, 0.6) is 0 Å². The topological polar surface area (TPSA) is 28.7 Å². The Balaban J connectivity index is 2.51. The molecule has 0 aliphatic carbocycles. The van der Waals surface area contributed by atoms with Crippen molar-refractivity contribution in [2.75, 3.05) is 0 Å². The maximum Gasteiger partial charge on any atom is 0.147 e. The molecule has 1 aromatic carbocycles. The van der Waals surface area contributed by atoms with Gasteiger partial charge in [-0.15, -0.1) is 11.1 Å². The van der Waals surface area contributed by atoms with Gasteiger partial charge in [-0.3, -0.25) is 0 Å². The molecule has 0 spiro atoms. The van der Waals surface area contributed by atoms with E-state index in [-0.39, 0.29) is 0 Å². The molecular formula is C19H24N2Si2. The lowest BCUT2D eigenvalue weighted by atomic mass is 10.2. The Kier molecular flexibility index (Phi) is 4.99. The number of H-pyrrole nitrogens is 1. The molecule has 0 amide bonds. The van der Waals surface area contributed by atoms with Gasteiger partial charge in [-0.25, -0.2) is 4.98 Å². The molecule has 1 N–H and O–H groups in total. The Morgan fingerprint density at radius 2 is 1.39 bits per heavy atom. The fourth-order valence-electron chi connectivity index (χ4n) is 1.78. The highest BCUT2D eigenvalue weighted by Gasteiger charge is 2.13. The molecule has 0 unspecified atom stereocenters. The first-order chi connectivity index (χ1) is 10.6. The Hall–Kier alpha value is -2.02. The molecule has 0 radical (unpaired) electrons. The van der Waals surface area contributed by atoms with Gasteiger partial charge < -0.3 is 4.98 Å². The molecule has 2 aromatic rings. The summed E-state index contributed by atoms with van der Waals surface area (Å²) in [7, 11) is -2.89. The highest BCUT2D eigenvalue weighted by atomic mass is 28.3. The fraction of sp³-hybridized carbons (Fsp3) is 0.316. The first-order valence-corrected chi connectivity index (χ1v) is 14.9. The smallest absolute Gasteiger partial charge is 0.147 e. The number of rotatable bonds is 1. The van der Waals surface area contributed by atoms with E-state index in [9.17, 15) is 0 Å². The molecule has 23 heavy (non-hydrogen) atoms. The van der Waals surface area contributed by atoms with E-state index in [1.165, 1.54) is 0 Å². The standard InChI is InChI=1S/C19H24N2Si2/c1-22(2,3)14-12-17-18(13-15-23(4,5)6)21-19(20-17)16-10-8-7-9-11-16/h7-11H,1-6H3,(H,20,21). The van der Waals surface area contributed by atoms with E-state index < -0.39 is 16.1 Å². The Bertz CT molecular complexity index is 749. The Morgan fingerprint density at radius 3 is 1.96 bits per heavy atom. The van der Waals surface area contributed by atoms with Crippen LogP contribution in [-0.2, 0) is 0 Å². The molecule has 0 aliphatic heterocycles. The molecule has 118 valence electrons. The third kappa shape index (κ3) is 5.60. The summed E-state index contributed by atoms with van der Waals surface area (Å²) in [6.45, 7) is 13.4. The van der Waals surface area contributed by atoms with Crippen LogP contribution >= 0.6 is 0 Å². The summed E-state index contributed by atoms with van der Waals surface area (Å²) < 4.78 is 0. The van der Waals surface area contributed by atoms with Crippen molar-refractivity contribution in [3.8, 4) is 34.3 Å². The van der Waals surface area contributed by atoms with Crippen LogP contribution in [0.25, 0.3) is 11.4 Å². The third-order valence-electron chi connectivity index (χ3n) is 2.87. The van der Waals surface area contributed by atoms with E-state index in [1.54, 1.807) is 0 Å². The van der Waals surface area contributed by atoms with E-state index in [0.717, 1.165) is 22.8 Å². The summed E-state index contributed by atoms with van der Waals surface area (Å²) in [4.78, 5) is 8.05. The molecule has 0 saturated heterocycles. The zero-order valence-corrected chi connectivity index (χ0v) is 16.8. The number of hydrogen-bond acceptors (Lipinski definition) is 1. The van der Waals surface area contributed by atoms with Crippen molar-refractivity contribution in [1.29, 1.82) is 0 Å². The van der Waals surface area contributed by atoms with Gasteiger partial charge in [-0.2, -0.15) is 0 Å². The predicted molar refractivity (Wildman–Crippen MR) is 104 cm³/mol. The normalized spacial score (nSPS) is 11.2. The highest BCUT2D eigenvalue weighted by Crippen LogP contribution is 2.17. The number of aromatic nitrogens is 2. The van der Waals surface area contributed by atoms with Crippen LogP contribution in [-0.4, -0.2) is 26.1 Å². The summed E-state index contributed by atoms with van der Waals surface area (Å²) in [5, 5.41) is 0.